The molecule has 0 saturated heterocycles. The molecule has 1 unspecified atom stereocenters. The number of hydrogen-bond acceptors (Lipinski definition) is 5. The number of nitrogens with two attached hydrogens (primary N) is 1. The van der Waals surface area contributed by atoms with Gasteiger partial charge < -0.3 is 11.1 Å². The fourth-order valence-electron chi connectivity index (χ4n) is 2.66. The Balaban J connectivity index is 0.00000338. The molecule has 0 radical (unpaired) electrons. The second-order valence-electron chi connectivity index (χ2n) is 7.14. The average Bonchev–Trinajstić information content (AvgIpc) is 2.72. The first-order valence-electron chi connectivity index (χ1n) is 8.21. The number of nitrogens with zero attached hydrogens (tertiary/aromatic N) is 1. The van der Waals surface area contributed by atoms with Gasteiger partial charge in [-0.3, -0.25) is 9.59 Å². The molecule has 1 aromatic rings. The van der Waals surface area contributed by atoms with Crippen molar-refractivity contribution >= 4 is 34.2 Å². The first kappa shape index (κ1) is 22.4. The third-order valence-electron chi connectivity index (χ3n) is 4.78. The van der Waals surface area contributed by atoms with Gasteiger partial charge in [0.1, 0.15) is 4.90 Å². The van der Waals surface area contributed by atoms with Gasteiger partial charge in [0.25, 0.3) is 21.8 Å². The summed E-state index contributed by atoms with van der Waals surface area (Å²) in [5, 5.41) is 2.87. The number of carbonyl (C=O) groups excluding carboxylic acids is 2. The van der Waals surface area contributed by atoms with Gasteiger partial charge in [0, 0.05) is 18.2 Å². The second kappa shape index (κ2) is 7.54. The lowest BCUT2D eigenvalue weighted by atomic mass is 9.88. The highest BCUT2D eigenvalue weighted by molar-refractivity contribution is 7.90. The van der Waals surface area contributed by atoms with Gasteiger partial charge in [0.15, 0.2) is 0 Å². The molecule has 1 aliphatic rings. The van der Waals surface area contributed by atoms with Crippen molar-refractivity contribution in [3.05, 3.63) is 29.3 Å². The molecule has 3 N–H and O–H groups in total. The molecule has 7 nitrogen and oxygen atoms in total. The Labute approximate surface area is 160 Å². The van der Waals surface area contributed by atoms with Gasteiger partial charge in [-0.05, 0) is 44.9 Å². The maximum absolute atomic E-state index is 12.6. The summed E-state index contributed by atoms with van der Waals surface area (Å²) in [5.74, 6) is -0.890. The number of carbonyl (C=O) groups is 2. The highest BCUT2D eigenvalue weighted by atomic mass is 35.5. The van der Waals surface area contributed by atoms with E-state index in [1.165, 1.54) is 18.2 Å². The zero-order valence-electron chi connectivity index (χ0n) is 15.6. The lowest BCUT2D eigenvalue weighted by Gasteiger charge is -2.33. The quantitative estimate of drug-likeness (QED) is 0.778. The zero-order chi connectivity index (χ0) is 19.2. The fourth-order valence-corrected chi connectivity index (χ4v) is 4.45. The molecule has 1 aromatic carbocycles. The van der Waals surface area contributed by atoms with Crippen LogP contribution >= 0.6 is 12.4 Å². The molecule has 9 heteroatoms. The number of rotatable bonds is 5. The fraction of sp³-hybridized carbons (Fsp3) is 0.529. The van der Waals surface area contributed by atoms with Crippen LogP contribution in [0, 0.1) is 5.92 Å². The Bertz CT molecular complexity index is 823. The molecule has 0 spiro atoms. The molecular weight excluding hydrogens is 378 g/mol. The SMILES string of the molecule is CC(C)N1C(=O)c2ccc(C(=O)NC(C)(CN)C(C)C)cc2S1(=O)=O.Cl. The van der Waals surface area contributed by atoms with E-state index in [0.29, 0.717) is 0 Å². The summed E-state index contributed by atoms with van der Waals surface area (Å²) >= 11 is 0. The molecule has 1 aliphatic heterocycles. The predicted molar refractivity (Wildman–Crippen MR) is 102 cm³/mol. The topological polar surface area (TPSA) is 110 Å². The van der Waals surface area contributed by atoms with Crippen LogP contribution in [0.25, 0.3) is 0 Å². The van der Waals surface area contributed by atoms with E-state index in [1.54, 1.807) is 13.8 Å². The van der Waals surface area contributed by atoms with Crippen molar-refractivity contribution in [2.45, 2.75) is 51.1 Å². The lowest BCUT2D eigenvalue weighted by Crippen LogP contribution is -2.55. The summed E-state index contributed by atoms with van der Waals surface area (Å²) in [6.45, 7) is 9.23. The number of hydrogen-bond donors (Lipinski definition) is 2. The summed E-state index contributed by atoms with van der Waals surface area (Å²) in [6, 6.07) is 3.62. The molecule has 2 amide bonds. The largest absolute Gasteiger partial charge is 0.345 e. The van der Waals surface area contributed by atoms with E-state index < -0.39 is 33.4 Å². The van der Waals surface area contributed by atoms with Gasteiger partial charge in [-0.15, -0.1) is 12.4 Å². The molecule has 0 saturated carbocycles. The molecule has 0 bridgehead atoms. The summed E-state index contributed by atoms with van der Waals surface area (Å²) in [5.41, 5.74) is 5.43. The maximum atomic E-state index is 12.6. The monoisotopic (exact) mass is 403 g/mol. The van der Waals surface area contributed by atoms with Gasteiger partial charge >= 0.3 is 0 Å². The van der Waals surface area contributed by atoms with E-state index in [4.69, 9.17) is 5.73 Å². The number of halogens is 1. The first-order valence-corrected chi connectivity index (χ1v) is 9.65. The minimum absolute atomic E-state index is 0. The van der Waals surface area contributed by atoms with Crippen molar-refractivity contribution in [2.75, 3.05) is 6.54 Å². The number of fused-ring (bicyclic) bond motifs is 1. The van der Waals surface area contributed by atoms with Crippen LogP contribution in [0.4, 0.5) is 0 Å². The molecule has 0 aliphatic carbocycles. The minimum Gasteiger partial charge on any atom is -0.345 e. The van der Waals surface area contributed by atoms with Crippen LogP contribution in [-0.2, 0) is 10.0 Å². The van der Waals surface area contributed by atoms with Crippen molar-refractivity contribution in [3.63, 3.8) is 0 Å². The highest BCUT2D eigenvalue weighted by Gasteiger charge is 2.43. The molecule has 1 atom stereocenters. The molecule has 0 fully saturated rings. The lowest BCUT2D eigenvalue weighted by molar-refractivity contribution is 0.0843. The van der Waals surface area contributed by atoms with Crippen molar-refractivity contribution in [3.8, 4) is 0 Å². The number of benzene rings is 1. The van der Waals surface area contributed by atoms with E-state index in [9.17, 15) is 18.0 Å². The van der Waals surface area contributed by atoms with Gasteiger partial charge in [-0.1, -0.05) is 13.8 Å². The Hall–Kier alpha value is -1.64. The van der Waals surface area contributed by atoms with E-state index in [0.717, 1.165) is 4.31 Å². The standard InChI is InChI=1S/C17H25N3O4S.ClH/c1-10(2)17(5,9-18)19-15(21)12-6-7-13-14(8-12)25(23,24)20(11(3)4)16(13)22;/h6-8,10-11H,9,18H2,1-5H3,(H,19,21);1H. The van der Waals surface area contributed by atoms with E-state index >= 15 is 0 Å². The summed E-state index contributed by atoms with van der Waals surface area (Å²) in [6.07, 6.45) is 0. The first-order chi connectivity index (χ1) is 11.5. The predicted octanol–water partition coefficient (Wildman–Crippen LogP) is 1.76. The van der Waals surface area contributed by atoms with Gasteiger partial charge in [-0.2, -0.15) is 0 Å². The van der Waals surface area contributed by atoms with Crippen LogP contribution in [0.15, 0.2) is 23.1 Å². The number of sulfonamides is 1. The highest BCUT2D eigenvalue weighted by Crippen LogP contribution is 2.32. The molecule has 2 rings (SSSR count). The second-order valence-corrected chi connectivity index (χ2v) is 8.92. The third-order valence-corrected chi connectivity index (χ3v) is 6.78. The van der Waals surface area contributed by atoms with Crippen molar-refractivity contribution < 1.29 is 18.0 Å². The van der Waals surface area contributed by atoms with Gasteiger partial charge in [-0.25, -0.2) is 12.7 Å². The van der Waals surface area contributed by atoms with Crippen molar-refractivity contribution in [1.82, 2.24) is 9.62 Å². The zero-order valence-corrected chi connectivity index (χ0v) is 17.2. The smallest absolute Gasteiger partial charge is 0.269 e. The van der Waals surface area contributed by atoms with Crippen molar-refractivity contribution in [2.24, 2.45) is 11.7 Å². The van der Waals surface area contributed by atoms with Crippen LogP contribution in [-0.4, -0.2) is 42.7 Å². The number of amides is 2. The Kier molecular flexibility index (Phi) is 6.50. The van der Waals surface area contributed by atoms with E-state index in [2.05, 4.69) is 5.32 Å². The number of nitrogens with one attached hydrogen (secondary N) is 1. The minimum atomic E-state index is -3.94. The molecule has 1 heterocycles. The van der Waals surface area contributed by atoms with Gasteiger partial charge in [0.2, 0.25) is 0 Å². The van der Waals surface area contributed by atoms with Crippen LogP contribution < -0.4 is 11.1 Å². The Morgan fingerprint density at radius 2 is 1.85 bits per heavy atom. The van der Waals surface area contributed by atoms with Crippen LogP contribution in [0.2, 0.25) is 0 Å². The van der Waals surface area contributed by atoms with Crippen LogP contribution in [0.3, 0.4) is 0 Å². The van der Waals surface area contributed by atoms with Crippen LogP contribution in [0.5, 0.6) is 0 Å². The van der Waals surface area contributed by atoms with Crippen molar-refractivity contribution in [1.29, 1.82) is 0 Å². The van der Waals surface area contributed by atoms with E-state index in [1.807, 2.05) is 20.8 Å². The summed E-state index contributed by atoms with van der Waals surface area (Å²) in [7, 11) is -3.94. The van der Waals surface area contributed by atoms with Crippen LogP contribution in [0.1, 0.15) is 55.3 Å². The van der Waals surface area contributed by atoms with Gasteiger partial charge in [0.05, 0.1) is 11.1 Å². The third kappa shape index (κ3) is 3.58. The van der Waals surface area contributed by atoms with E-state index in [-0.39, 0.29) is 40.9 Å². The summed E-state index contributed by atoms with van der Waals surface area (Å²) < 4.78 is 26.1. The maximum Gasteiger partial charge on any atom is 0.269 e. The normalized spacial score (nSPS) is 17.7. The molecule has 0 aromatic heterocycles. The molecule has 26 heavy (non-hydrogen) atoms. The molecule has 146 valence electrons. The Morgan fingerprint density at radius 1 is 1.27 bits per heavy atom. The Morgan fingerprint density at radius 3 is 2.31 bits per heavy atom. The summed E-state index contributed by atoms with van der Waals surface area (Å²) in [4.78, 5) is 24.8. The molecular formula is C17H26ClN3O4S. The average molecular weight is 404 g/mol.